The number of nitrogens with zero attached hydrogens (tertiary/aromatic N) is 1. The van der Waals surface area contributed by atoms with E-state index in [1.807, 2.05) is 24.3 Å². The van der Waals surface area contributed by atoms with Crippen molar-refractivity contribution in [3.05, 3.63) is 29.8 Å². The van der Waals surface area contributed by atoms with Crippen molar-refractivity contribution in [3.8, 4) is 0 Å². The van der Waals surface area contributed by atoms with Gasteiger partial charge in [0.1, 0.15) is 0 Å². The maximum Gasteiger partial charge on any atom is 0.313 e. The molecule has 2 rings (SSSR count). The highest BCUT2D eigenvalue weighted by Gasteiger charge is 2.14. The van der Waals surface area contributed by atoms with Crippen LogP contribution in [0.3, 0.4) is 0 Å². The molecule has 6 heteroatoms. The highest BCUT2D eigenvalue weighted by Crippen LogP contribution is 2.09. The molecule has 23 heavy (non-hydrogen) atoms. The van der Waals surface area contributed by atoms with Crippen LogP contribution < -0.4 is 10.6 Å². The van der Waals surface area contributed by atoms with E-state index in [9.17, 15) is 9.59 Å². The lowest BCUT2D eigenvalue weighted by atomic mass is 10.1. The second-order valence-electron chi connectivity index (χ2n) is 5.57. The van der Waals surface area contributed by atoms with Gasteiger partial charge in [0.25, 0.3) is 0 Å². The highest BCUT2D eigenvalue weighted by molar-refractivity contribution is 6.39. The number of carbonyl (C=O) groups is 2. The van der Waals surface area contributed by atoms with E-state index in [-0.39, 0.29) is 0 Å². The van der Waals surface area contributed by atoms with Crippen LogP contribution in [0.25, 0.3) is 0 Å². The summed E-state index contributed by atoms with van der Waals surface area (Å²) in [6.07, 6.45) is 1.77. The minimum atomic E-state index is -0.624. The van der Waals surface area contributed by atoms with Gasteiger partial charge in [0, 0.05) is 25.3 Å². The molecule has 0 atom stereocenters. The monoisotopic (exact) mass is 319 g/mol. The van der Waals surface area contributed by atoms with Crippen molar-refractivity contribution < 1.29 is 14.3 Å². The first kappa shape index (κ1) is 17.4. The van der Waals surface area contributed by atoms with Gasteiger partial charge in [0.05, 0.1) is 13.2 Å². The summed E-state index contributed by atoms with van der Waals surface area (Å²) >= 11 is 0. The van der Waals surface area contributed by atoms with Gasteiger partial charge < -0.3 is 15.4 Å². The third-order valence-electron chi connectivity index (χ3n) is 3.87. The molecule has 1 aliphatic heterocycles. The number of rotatable bonds is 6. The van der Waals surface area contributed by atoms with Gasteiger partial charge in [-0.05, 0) is 37.1 Å². The summed E-state index contributed by atoms with van der Waals surface area (Å²) in [4.78, 5) is 25.9. The summed E-state index contributed by atoms with van der Waals surface area (Å²) in [5.74, 6) is -1.22. The van der Waals surface area contributed by atoms with Gasteiger partial charge in [0.2, 0.25) is 0 Å². The number of anilines is 1. The smallest absolute Gasteiger partial charge is 0.313 e. The van der Waals surface area contributed by atoms with Crippen molar-refractivity contribution in [1.29, 1.82) is 0 Å². The van der Waals surface area contributed by atoms with E-state index in [2.05, 4.69) is 22.5 Å². The minimum Gasteiger partial charge on any atom is -0.379 e. The summed E-state index contributed by atoms with van der Waals surface area (Å²) in [5.41, 5.74) is 1.83. The molecule has 6 nitrogen and oxygen atoms in total. The van der Waals surface area contributed by atoms with Gasteiger partial charge in [-0.15, -0.1) is 0 Å². The van der Waals surface area contributed by atoms with Crippen LogP contribution in [-0.4, -0.2) is 56.1 Å². The Morgan fingerprint density at radius 1 is 1.13 bits per heavy atom. The highest BCUT2D eigenvalue weighted by atomic mass is 16.5. The SMILES string of the molecule is CCc1ccc(NC(=O)C(=O)NCCCN2CCOCC2)cc1. The van der Waals surface area contributed by atoms with Crippen LogP contribution in [0.1, 0.15) is 18.9 Å². The number of hydrogen-bond donors (Lipinski definition) is 2. The maximum absolute atomic E-state index is 11.8. The van der Waals surface area contributed by atoms with Crippen molar-refractivity contribution in [2.75, 3.05) is 44.7 Å². The second kappa shape index (κ2) is 9.27. The van der Waals surface area contributed by atoms with Gasteiger partial charge in [-0.25, -0.2) is 0 Å². The summed E-state index contributed by atoms with van der Waals surface area (Å²) in [5, 5.41) is 5.26. The van der Waals surface area contributed by atoms with Gasteiger partial charge >= 0.3 is 11.8 Å². The first-order valence-corrected chi connectivity index (χ1v) is 8.17. The molecular formula is C17H25N3O3. The number of morpholine rings is 1. The van der Waals surface area contributed by atoms with Crippen LogP contribution in [0.2, 0.25) is 0 Å². The van der Waals surface area contributed by atoms with E-state index >= 15 is 0 Å². The Bertz CT molecular complexity index is 510. The molecule has 0 aliphatic carbocycles. The number of nitrogens with one attached hydrogen (secondary N) is 2. The second-order valence-corrected chi connectivity index (χ2v) is 5.57. The lowest BCUT2D eigenvalue weighted by Gasteiger charge is -2.26. The third kappa shape index (κ3) is 6.00. The number of carbonyl (C=O) groups excluding carboxylic acids is 2. The molecule has 0 spiro atoms. The molecule has 1 aromatic carbocycles. The number of hydrogen-bond acceptors (Lipinski definition) is 4. The summed E-state index contributed by atoms with van der Waals surface area (Å²) < 4.78 is 5.28. The van der Waals surface area contributed by atoms with Crippen molar-refractivity contribution in [2.45, 2.75) is 19.8 Å². The zero-order valence-electron chi connectivity index (χ0n) is 13.6. The van der Waals surface area contributed by atoms with Gasteiger partial charge in [-0.1, -0.05) is 19.1 Å². The first-order valence-electron chi connectivity index (χ1n) is 8.17. The Morgan fingerprint density at radius 3 is 2.48 bits per heavy atom. The van der Waals surface area contributed by atoms with Crippen LogP contribution in [0.15, 0.2) is 24.3 Å². The zero-order valence-corrected chi connectivity index (χ0v) is 13.6. The van der Waals surface area contributed by atoms with E-state index in [0.29, 0.717) is 12.2 Å². The van der Waals surface area contributed by atoms with Crippen LogP contribution >= 0.6 is 0 Å². The van der Waals surface area contributed by atoms with Crippen LogP contribution in [0.5, 0.6) is 0 Å². The van der Waals surface area contributed by atoms with Crippen LogP contribution in [0, 0.1) is 0 Å². The molecule has 0 unspecified atom stereocenters. The van der Waals surface area contributed by atoms with Crippen molar-refractivity contribution in [3.63, 3.8) is 0 Å². The molecule has 1 heterocycles. The average Bonchev–Trinajstić information content (AvgIpc) is 2.60. The van der Waals surface area contributed by atoms with Crippen LogP contribution in [-0.2, 0) is 20.7 Å². The molecule has 2 amide bonds. The van der Waals surface area contributed by atoms with Gasteiger partial charge in [-0.2, -0.15) is 0 Å². The van der Waals surface area contributed by atoms with Crippen LogP contribution in [0.4, 0.5) is 5.69 Å². The van der Waals surface area contributed by atoms with Crippen molar-refractivity contribution >= 4 is 17.5 Å². The largest absolute Gasteiger partial charge is 0.379 e. The van der Waals surface area contributed by atoms with Gasteiger partial charge in [0.15, 0.2) is 0 Å². The molecule has 2 N–H and O–H groups in total. The van der Waals surface area contributed by atoms with E-state index in [4.69, 9.17) is 4.74 Å². The van der Waals surface area contributed by atoms with Crippen molar-refractivity contribution in [1.82, 2.24) is 10.2 Å². The molecule has 1 aliphatic rings. The van der Waals surface area contributed by atoms with E-state index in [0.717, 1.165) is 45.7 Å². The van der Waals surface area contributed by atoms with Crippen molar-refractivity contribution in [2.24, 2.45) is 0 Å². The topological polar surface area (TPSA) is 70.7 Å². The Hall–Kier alpha value is -1.92. The lowest BCUT2D eigenvalue weighted by Crippen LogP contribution is -2.39. The minimum absolute atomic E-state index is 0.498. The first-order chi connectivity index (χ1) is 11.2. The predicted octanol–water partition coefficient (Wildman–Crippen LogP) is 1.03. The lowest BCUT2D eigenvalue weighted by molar-refractivity contribution is -0.136. The zero-order chi connectivity index (χ0) is 16.5. The predicted molar refractivity (Wildman–Crippen MR) is 89.3 cm³/mol. The fourth-order valence-electron chi connectivity index (χ4n) is 2.42. The summed E-state index contributed by atoms with van der Waals surface area (Å²) in [6.45, 7) is 6.88. The summed E-state index contributed by atoms with van der Waals surface area (Å²) in [6, 6.07) is 7.50. The number of amides is 2. The fourth-order valence-corrected chi connectivity index (χ4v) is 2.42. The normalized spacial score (nSPS) is 15.2. The molecule has 0 radical (unpaired) electrons. The maximum atomic E-state index is 11.8. The molecule has 1 saturated heterocycles. The Balaban J connectivity index is 1.64. The molecule has 0 bridgehead atoms. The molecule has 1 aromatic rings. The third-order valence-corrected chi connectivity index (χ3v) is 3.87. The Morgan fingerprint density at radius 2 is 1.83 bits per heavy atom. The number of ether oxygens (including phenoxy) is 1. The van der Waals surface area contributed by atoms with E-state index in [1.54, 1.807) is 0 Å². The summed E-state index contributed by atoms with van der Waals surface area (Å²) in [7, 11) is 0. The van der Waals surface area contributed by atoms with E-state index < -0.39 is 11.8 Å². The fraction of sp³-hybridized carbons (Fsp3) is 0.529. The molecule has 126 valence electrons. The van der Waals surface area contributed by atoms with Gasteiger partial charge in [-0.3, -0.25) is 14.5 Å². The average molecular weight is 319 g/mol. The number of benzene rings is 1. The quantitative estimate of drug-likeness (QED) is 0.607. The Kier molecular flexibility index (Phi) is 7.03. The number of aryl methyl sites for hydroxylation is 1. The Labute approximate surface area is 137 Å². The molecule has 0 saturated carbocycles. The molecular weight excluding hydrogens is 294 g/mol. The standard InChI is InChI=1S/C17H25N3O3/c1-2-14-4-6-15(7-5-14)19-17(22)16(21)18-8-3-9-20-10-12-23-13-11-20/h4-7H,2-3,8-13H2,1H3,(H,18,21)(H,19,22). The molecule has 0 aromatic heterocycles. The molecule has 1 fully saturated rings. The van der Waals surface area contributed by atoms with E-state index in [1.165, 1.54) is 5.56 Å².